The van der Waals surface area contributed by atoms with E-state index in [0.717, 1.165) is 6.07 Å². The average molecular weight is 214 g/mol. The molecule has 0 unspecified atom stereocenters. The number of alkyl halides is 3. The molecule has 0 saturated carbocycles. The average Bonchev–Trinajstić information content (AvgIpc) is 2.15. The fourth-order valence-electron chi connectivity index (χ4n) is 1.36. The van der Waals surface area contributed by atoms with Crippen LogP contribution in [-0.2, 0) is 12.6 Å². The van der Waals surface area contributed by atoms with Gasteiger partial charge in [-0.1, -0.05) is 6.92 Å². The van der Waals surface area contributed by atoms with Crippen molar-refractivity contribution in [2.75, 3.05) is 5.73 Å². The van der Waals surface area contributed by atoms with Crippen LogP contribution in [-0.4, -0.2) is 0 Å². The van der Waals surface area contributed by atoms with Gasteiger partial charge in [0.15, 0.2) is 0 Å². The summed E-state index contributed by atoms with van der Waals surface area (Å²) in [5.74, 6) is 0. The highest BCUT2D eigenvalue weighted by molar-refractivity contribution is 5.55. The van der Waals surface area contributed by atoms with Crippen LogP contribution in [0.4, 0.5) is 18.9 Å². The van der Waals surface area contributed by atoms with Crippen molar-refractivity contribution >= 4 is 5.69 Å². The SMILES string of the molecule is CCc1cc(N)cc(C(F)(F)F)c1C#N. The summed E-state index contributed by atoms with van der Waals surface area (Å²) < 4.78 is 37.6. The number of nitrogens with two attached hydrogens (primary N) is 1. The van der Waals surface area contributed by atoms with Gasteiger partial charge in [-0.05, 0) is 24.1 Å². The third-order valence-electron chi connectivity index (χ3n) is 2.04. The lowest BCUT2D eigenvalue weighted by atomic mass is 9.99. The van der Waals surface area contributed by atoms with E-state index in [1.165, 1.54) is 6.07 Å². The first-order valence-corrected chi connectivity index (χ1v) is 4.29. The minimum absolute atomic E-state index is 0.0261. The predicted octanol–water partition coefficient (Wildman–Crippen LogP) is 2.72. The monoisotopic (exact) mass is 214 g/mol. The second kappa shape index (κ2) is 3.81. The van der Waals surface area contributed by atoms with Gasteiger partial charge in [-0.25, -0.2) is 0 Å². The molecule has 0 aliphatic heterocycles. The van der Waals surface area contributed by atoms with E-state index >= 15 is 0 Å². The third kappa shape index (κ3) is 2.21. The van der Waals surface area contributed by atoms with E-state index in [0.29, 0.717) is 12.0 Å². The van der Waals surface area contributed by atoms with Gasteiger partial charge >= 0.3 is 6.18 Å². The normalized spacial score (nSPS) is 11.1. The first-order chi connectivity index (χ1) is 6.90. The van der Waals surface area contributed by atoms with Crippen molar-refractivity contribution in [2.45, 2.75) is 19.5 Å². The summed E-state index contributed by atoms with van der Waals surface area (Å²) >= 11 is 0. The molecule has 2 nitrogen and oxygen atoms in total. The van der Waals surface area contributed by atoms with Crippen molar-refractivity contribution in [3.05, 3.63) is 28.8 Å². The Labute approximate surface area is 85.1 Å². The van der Waals surface area contributed by atoms with Crippen molar-refractivity contribution in [1.82, 2.24) is 0 Å². The van der Waals surface area contributed by atoms with Gasteiger partial charge in [0.1, 0.15) is 6.07 Å². The summed E-state index contributed by atoms with van der Waals surface area (Å²) in [5.41, 5.74) is 4.41. The molecule has 1 aromatic carbocycles. The minimum atomic E-state index is -4.54. The number of benzene rings is 1. The molecule has 0 saturated heterocycles. The molecule has 0 fully saturated rings. The fraction of sp³-hybridized carbons (Fsp3) is 0.300. The van der Waals surface area contributed by atoms with Gasteiger partial charge in [0.05, 0.1) is 11.1 Å². The Morgan fingerprint density at radius 3 is 2.40 bits per heavy atom. The number of halogens is 3. The van der Waals surface area contributed by atoms with E-state index in [4.69, 9.17) is 11.0 Å². The Morgan fingerprint density at radius 1 is 1.40 bits per heavy atom. The maximum absolute atomic E-state index is 12.5. The standard InChI is InChI=1S/C10H9F3N2/c1-2-6-3-7(15)4-9(8(6)5-14)10(11,12)13/h3-4H,2,15H2,1H3. The Balaban J connectivity index is 3.51. The van der Waals surface area contributed by atoms with Gasteiger partial charge in [0.2, 0.25) is 0 Å². The molecule has 0 aliphatic rings. The van der Waals surface area contributed by atoms with Crippen molar-refractivity contribution in [3.63, 3.8) is 0 Å². The lowest BCUT2D eigenvalue weighted by molar-refractivity contribution is -0.137. The van der Waals surface area contributed by atoms with Crippen LogP contribution in [0.5, 0.6) is 0 Å². The number of nitrogens with zero attached hydrogens (tertiary/aromatic N) is 1. The molecule has 1 aromatic rings. The topological polar surface area (TPSA) is 49.8 Å². The highest BCUT2D eigenvalue weighted by atomic mass is 19.4. The summed E-state index contributed by atoms with van der Waals surface area (Å²) in [4.78, 5) is 0. The van der Waals surface area contributed by atoms with Crippen molar-refractivity contribution in [2.24, 2.45) is 0 Å². The van der Waals surface area contributed by atoms with E-state index in [2.05, 4.69) is 0 Å². The zero-order chi connectivity index (χ0) is 11.6. The number of nitriles is 1. The quantitative estimate of drug-likeness (QED) is 0.730. The molecule has 0 aliphatic carbocycles. The second-order valence-corrected chi connectivity index (χ2v) is 3.07. The van der Waals surface area contributed by atoms with Gasteiger partial charge in [-0.3, -0.25) is 0 Å². The largest absolute Gasteiger partial charge is 0.417 e. The second-order valence-electron chi connectivity index (χ2n) is 3.07. The number of aryl methyl sites for hydroxylation is 1. The van der Waals surface area contributed by atoms with Crippen LogP contribution in [0.25, 0.3) is 0 Å². The van der Waals surface area contributed by atoms with Crippen LogP contribution in [0.1, 0.15) is 23.6 Å². The smallest absolute Gasteiger partial charge is 0.399 e. The molecule has 5 heteroatoms. The molecule has 2 N–H and O–H groups in total. The van der Waals surface area contributed by atoms with Gasteiger partial charge in [0, 0.05) is 5.69 Å². The lowest BCUT2D eigenvalue weighted by Gasteiger charge is -2.12. The third-order valence-corrected chi connectivity index (χ3v) is 2.04. The number of hydrogen-bond acceptors (Lipinski definition) is 2. The fourth-order valence-corrected chi connectivity index (χ4v) is 1.36. The predicted molar refractivity (Wildman–Crippen MR) is 49.9 cm³/mol. The van der Waals surface area contributed by atoms with Gasteiger partial charge in [0.25, 0.3) is 0 Å². The summed E-state index contributed by atoms with van der Waals surface area (Å²) in [5, 5.41) is 8.69. The molecular weight excluding hydrogens is 205 g/mol. The summed E-state index contributed by atoms with van der Waals surface area (Å²) in [7, 11) is 0. The molecule has 0 aromatic heterocycles. The highest BCUT2D eigenvalue weighted by Gasteiger charge is 2.34. The lowest BCUT2D eigenvalue weighted by Crippen LogP contribution is -2.10. The first-order valence-electron chi connectivity index (χ1n) is 4.29. The molecular formula is C10H9F3N2. The van der Waals surface area contributed by atoms with E-state index in [1.807, 2.05) is 0 Å². The Hall–Kier alpha value is -1.70. The maximum atomic E-state index is 12.5. The van der Waals surface area contributed by atoms with Crippen LogP contribution < -0.4 is 5.73 Å². The number of nitrogen functional groups attached to an aromatic ring is 1. The first kappa shape index (κ1) is 11.4. The maximum Gasteiger partial charge on any atom is 0.417 e. The van der Waals surface area contributed by atoms with Gasteiger partial charge in [-0.2, -0.15) is 18.4 Å². The van der Waals surface area contributed by atoms with Crippen LogP contribution in [0.3, 0.4) is 0 Å². The molecule has 0 amide bonds. The molecule has 0 bridgehead atoms. The zero-order valence-corrected chi connectivity index (χ0v) is 8.02. The molecule has 15 heavy (non-hydrogen) atoms. The van der Waals surface area contributed by atoms with Gasteiger partial charge < -0.3 is 5.73 Å². The Bertz CT molecular complexity index is 416. The molecule has 0 atom stereocenters. The van der Waals surface area contributed by atoms with Crippen LogP contribution >= 0.6 is 0 Å². The number of rotatable bonds is 1. The summed E-state index contributed by atoms with van der Waals surface area (Å²) in [6.07, 6.45) is -4.19. The van der Waals surface area contributed by atoms with Gasteiger partial charge in [-0.15, -0.1) is 0 Å². The summed E-state index contributed by atoms with van der Waals surface area (Å²) in [6.45, 7) is 1.68. The van der Waals surface area contributed by atoms with E-state index in [-0.39, 0.29) is 11.3 Å². The van der Waals surface area contributed by atoms with Crippen LogP contribution in [0, 0.1) is 11.3 Å². The molecule has 0 heterocycles. The van der Waals surface area contributed by atoms with E-state index in [1.54, 1.807) is 13.0 Å². The summed E-state index contributed by atoms with van der Waals surface area (Å²) in [6, 6.07) is 3.76. The molecule has 1 rings (SSSR count). The van der Waals surface area contributed by atoms with Crippen LogP contribution in [0.15, 0.2) is 12.1 Å². The number of hydrogen-bond donors (Lipinski definition) is 1. The van der Waals surface area contributed by atoms with Crippen LogP contribution in [0.2, 0.25) is 0 Å². The molecule has 0 radical (unpaired) electrons. The Kier molecular flexibility index (Phi) is 2.89. The number of anilines is 1. The van der Waals surface area contributed by atoms with E-state index < -0.39 is 11.7 Å². The highest BCUT2D eigenvalue weighted by Crippen LogP contribution is 2.34. The van der Waals surface area contributed by atoms with Crippen molar-refractivity contribution in [3.8, 4) is 6.07 Å². The Morgan fingerprint density at radius 2 is 2.00 bits per heavy atom. The molecule has 80 valence electrons. The zero-order valence-electron chi connectivity index (χ0n) is 8.02. The molecule has 0 spiro atoms. The van der Waals surface area contributed by atoms with Crippen molar-refractivity contribution in [1.29, 1.82) is 5.26 Å². The van der Waals surface area contributed by atoms with E-state index in [9.17, 15) is 13.2 Å². The minimum Gasteiger partial charge on any atom is -0.399 e. The van der Waals surface area contributed by atoms with Crippen molar-refractivity contribution < 1.29 is 13.2 Å².